The van der Waals surface area contributed by atoms with Gasteiger partial charge in [-0.1, -0.05) is 6.07 Å². The van der Waals surface area contributed by atoms with Gasteiger partial charge in [-0.15, -0.1) is 0 Å². The summed E-state index contributed by atoms with van der Waals surface area (Å²) in [4.78, 5) is 12.3. The van der Waals surface area contributed by atoms with Gasteiger partial charge in [-0.05, 0) is 43.4 Å². The SMILES string of the molecule is O=C(NCC1(CO)CC1)c1cccc2c1CCCN2. The largest absolute Gasteiger partial charge is 0.396 e. The Kier molecular flexibility index (Phi) is 3.19. The van der Waals surface area contributed by atoms with E-state index in [0.29, 0.717) is 6.54 Å². The number of rotatable bonds is 4. The van der Waals surface area contributed by atoms with Gasteiger partial charge in [-0.25, -0.2) is 0 Å². The van der Waals surface area contributed by atoms with Crippen molar-refractivity contribution in [3.05, 3.63) is 29.3 Å². The van der Waals surface area contributed by atoms with Crippen molar-refractivity contribution in [2.45, 2.75) is 25.7 Å². The molecule has 0 atom stereocenters. The van der Waals surface area contributed by atoms with E-state index >= 15 is 0 Å². The number of hydrogen-bond donors (Lipinski definition) is 3. The van der Waals surface area contributed by atoms with Crippen LogP contribution in [0.15, 0.2) is 18.2 Å². The standard InChI is InChI=1S/C15H20N2O2/c18-10-15(6-7-15)9-17-14(19)12-3-1-5-13-11(12)4-2-8-16-13/h1,3,5,16,18H,2,4,6-10H2,(H,17,19). The van der Waals surface area contributed by atoms with Crippen molar-refractivity contribution in [2.75, 3.05) is 25.0 Å². The van der Waals surface area contributed by atoms with Crippen LogP contribution < -0.4 is 10.6 Å². The molecule has 0 bridgehead atoms. The lowest BCUT2D eigenvalue weighted by molar-refractivity contribution is 0.0934. The smallest absolute Gasteiger partial charge is 0.251 e. The predicted molar refractivity (Wildman–Crippen MR) is 74.3 cm³/mol. The highest BCUT2D eigenvalue weighted by Crippen LogP contribution is 2.44. The normalized spacial score (nSPS) is 19.2. The zero-order chi connectivity index (χ0) is 13.3. The van der Waals surface area contributed by atoms with Crippen LogP contribution in [0.5, 0.6) is 0 Å². The minimum absolute atomic E-state index is 0.0136. The highest BCUT2D eigenvalue weighted by Gasteiger charge is 2.42. The van der Waals surface area contributed by atoms with E-state index in [0.717, 1.165) is 49.0 Å². The van der Waals surface area contributed by atoms with Crippen LogP contribution in [-0.4, -0.2) is 30.7 Å². The molecular formula is C15H20N2O2. The summed E-state index contributed by atoms with van der Waals surface area (Å²) in [6.07, 6.45) is 4.05. The average molecular weight is 260 g/mol. The summed E-state index contributed by atoms with van der Waals surface area (Å²) in [6, 6.07) is 5.84. The van der Waals surface area contributed by atoms with Crippen LogP contribution in [-0.2, 0) is 6.42 Å². The van der Waals surface area contributed by atoms with E-state index in [2.05, 4.69) is 10.6 Å². The van der Waals surface area contributed by atoms with Gasteiger partial charge in [-0.3, -0.25) is 4.79 Å². The molecule has 1 aliphatic carbocycles. The molecule has 0 unspecified atom stereocenters. The third kappa shape index (κ3) is 2.45. The van der Waals surface area contributed by atoms with Gasteiger partial charge in [0.2, 0.25) is 0 Å². The number of amides is 1. The molecule has 1 aliphatic heterocycles. The Bertz CT molecular complexity index is 495. The highest BCUT2D eigenvalue weighted by atomic mass is 16.3. The number of carbonyl (C=O) groups is 1. The third-order valence-corrected chi connectivity index (χ3v) is 4.26. The monoisotopic (exact) mass is 260 g/mol. The Morgan fingerprint density at radius 1 is 1.42 bits per heavy atom. The van der Waals surface area contributed by atoms with Crippen molar-refractivity contribution >= 4 is 11.6 Å². The molecule has 3 rings (SSSR count). The number of nitrogens with one attached hydrogen (secondary N) is 2. The first-order chi connectivity index (χ1) is 9.24. The summed E-state index contributed by atoms with van der Waals surface area (Å²) in [5, 5.41) is 15.6. The quantitative estimate of drug-likeness (QED) is 0.769. The first-order valence-electron chi connectivity index (χ1n) is 6.99. The molecular weight excluding hydrogens is 240 g/mol. The maximum atomic E-state index is 12.3. The van der Waals surface area contributed by atoms with Crippen molar-refractivity contribution < 1.29 is 9.90 Å². The Morgan fingerprint density at radius 3 is 3.00 bits per heavy atom. The summed E-state index contributed by atoms with van der Waals surface area (Å²) in [6.45, 7) is 1.73. The number of anilines is 1. The zero-order valence-corrected chi connectivity index (χ0v) is 11.0. The van der Waals surface area contributed by atoms with E-state index in [1.807, 2.05) is 18.2 Å². The van der Waals surface area contributed by atoms with E-state index in [-0.39, 0.29) is 17.9 Å². The van der Waals surface area contributed by atoms with Crippen molar-refractivity contribution in [3.63, 3.8) is 0 Å². The van der Waals surface area contributed by atoms with Crippen molar-refractivity contribution in [3.8, 4) is 0 Å². The van der Waals surface area contributed by atoms with Gasteiger partial charge in [0.15, 0.2) is 0 Å². The molecule has 0 radical (unpaired) electrons. The van der Waals surface area contributed by atoms with Gasteiger partial charge in [-0.2, -0.15) is 0 Å². The first kappa shape index (κ1) is 12.5. The summed E-state index contributed by atoms with van der Waals surface area (Å²) in [7, 11) is 0. The van der Waals surface area contributed by atoms with Gasteiger partial charge in [0.1, 0.15) is 0 Å². The molecule has 1 heterocycles. The Hall–Kier alpha value is -1.55. The van der Waals surface area contributed by atoms with E-state index in [4.69, 9.17) is 0 Å². The molecule has 1 fully saturated rings. The molecule has 0 spiro atoms. The minimum Gasteiger partial charge on any atom is -0.396 e. The molecule has 4 heteroatoms. The Morgan fingerprint density at radius 2 is 2.26 bits per heavy atom. The number of benzene rings is 1. The average Bonchev–Trinajstić information content (AvgIpc) is 3.25. The molecule has 1 amide bonds. The summed E-state index contributed by atoms with van der Waals surface area (Å²) < 4.78 is 0. The maximum Gasteiger partial charge on any atom is 0.251 e. The second kappa shape index (κ2) is 4.85. The van der Waals surface area contributed by atoms with Crippen LogP contribution >= 0.6 is 0 Å². The topological polar surface area (TPSA) is 61.4 Å². The molecule has 2 aliphatic rings. The fraction of sp³-hybridized carbons (Fsp3) is 0.533. The number of hydrogen-bond acceptors (Lipinski definition) is 3. The fourth-order valence-corrected chi connectivity index (χ4v) is 2.65. The molecule has 0 aromatic heterocycles. The van der Waals surface area contributed by atoms with Crippen LogP contribution in [0, 0.1) is 5.41 Å². The van der Waals surface area contributed by atoms with Gasteiger partial charge >= 0.3 is 0 Å². The van der Waals surface area contributed by atoms with Crippen LogP contribution in [0.3, 0.4) is 0 Å². The van der Waals surface area contributed by atoms with Crippen LogP contribution in [0.2, 0.25) is 0 Å². The minimum atomic E-state index is -0.0389. The number of aliphatic hydroxyl groups is 1. The molecule has 19 heavy (non-hydrogen) atoms. The van der Waals surface area contributed by atoms with Crippen LogP contribution in [0.4, 0.5) is 5.69 Å². The molecule has 3 N–H and O–H groups in total. The van der Waals surface area contributed by atoms with E-state index < -0.39 is 0 Å². The zero-order valence-electron chi connectivity index (χ0n) is 11.0. The fourth-order valence-electron chi connectivity index (χ4n) is 2.65. The summed E-state index contributed by atoms with van der Waals surface area (Å²) in [5.74, 6) is -0.0136. The lowest BCUT2D eigenvalue weighted by atomic mass is 9.97. The maximum absolute atomic E-state index is 12.3. The van der Waals surface area contributed by atoms with Gasteiger partial charge in [0, 0.05) is 29.8 Å². The summed E-state index contributed by atoms with van der Waals surface area (Å²) >= 11 is 0. The van der Waals surface area contributed by atoms with Crippen LogP contribution in [0.1, 0.15) is 35.2 Å². The molecule has 1 saturated carbocycles. The number of aliphatic hydroxyl groups excluding tert-OH is 1. The molecule has 102 valence electrons. The first-order valence-corrected chi connectivity index (χ1v) is 6.99. The third-order valence-electron chi connectivity index (χ3n) is 4.26. The van der Waals surface area contributed by atoms with E-state index in [1.165, 1.54) is 0 Å². The predicted octanol–water partition coefficient (Wildman–Crippen LogP) is 1.55. The Labute approximate surface area is 113 Å². The van der Waals surface area contributed by atoms with Gasteiger partial charge in [0.05, 0.1) is 6.61 Å². The lowest BCUT2D eigenvalue weighted by Gasteiger charge is -2.21. The van der Waals surface area contributed by atoms with Gasteiger partial charge < -0.3 is 15.7 Å². The number of fused-ring (bicyclic) bond motifs is 1. The van der Waals surface area contributed by atoms with Crippen molar-refractivity contribution in [1.29, 1.82) is 0 Å². The van der Waals surface area contributed by atoms with Crippen LogP contribution in [0.25, 0.3) is 0 Å². The van der Waals surface area contributed by atoms with Crippen molar-refractivity contribution in [1.82, 2.24) is 5.32 Å². The van der Waals surface area contributed by atoms with E-state index in [9.17, 15) is 9.90 Å². The Balaban J connectivity index is 1.73. The highest BCUT2D eigenvalue weighted by molar-refractivity contribution is 5.97. The number of carbonyl (C=O) groups excluding carboxylic acids is 1. The molecule has 1 aromatic rings. The summed E-state index contributed by atoms with van der Waals surface area (Å²) in [5.41, 5.74) is 2.95. The van der Waals surface area contributed by atoms with E-state index in [1.54, 1.807) is 0 Å². The van der Waals surface area contributed by atoms with Crippen molar-refractivity contribution in [2.24, 2.45) is 5.41 Å². The lowest BCUT2D eigenvalue weighted by Crippen LogP contribution is -2.32. The molecule has 4 nitrogen and oxygen atoms in total. The molecule has 0 saturated heterocycles. The molecule has 1 aromatic carbocycles. The second-order valence-corrected chi connectivity index (χ2v) is 5.70. The second-order valence-electron chi connectivity index (χ2n) is 5.70. The van der Waals surface area contributed by atoms with Gasteiger partial charge in [0.25, 0.3) is 5.91 Å².